The van der Waals surface area contributed by atoms with Gasteiger partial charge in [-0.1, -0.05) is 96.6 Å². The Hall–Kier alpha value is -2.83. The van der Waals surface area contributed by atoms with E-state index >= 15 is 0 Å². The number of unbranched alkanes of at least 4 members (excludes halogenated alkanes) is 4. The van der Waals surface area contributed by atoms with Crippen LogP contribution in [0, 0.1) is 5.92 Å². The van der Waals surface area contributed by atoms with Crippen LogP contribution >= 0.6 is 0 Å². The van der Waals surface area contributed by atoms with Crippen LogP contribution < -0.4 is 10.6 Å². The van der Waals surface area contributed by atoms with E-state index in [1.807, 2.05) is 38.1 Å². The molecule has 0 aromatic heterocycles. The van der Waals surface area contributed by atoms with E-state index in [1.54, 1.807) is 31.7 Å². The molecule has 1 saturated carbocycles. The van der Waals surface area contributed by atoms with Crippen molar-refractivity contribution in [3.05, 3.63) is 42.0 Å². The average molecular weight is 556 g/mol. The molecule has 2 unspecified atom stereocenters. The molecule has 0 bridgehead atoms. The van der Waals surface area contributed by atoms with Gasteiger partial charge >= 0.3 is 6.09 Å². The number of hydrogen-bond acceptors (Lipinski definition) is 4. The van der Waals surface area contributed by atoms with E-state index in [9.17, 15) is 14.4 Å². The maximum atomic E-state index is 14.3. The molecular formula is C33H53N3O4. The second-order valence-corrected chi connectivity index (χ2v) is 12.4. The van der Waals surface area contributed by atoms with Crippen molar-refractivity contribution in [2.45, 2.75) is 129 Å². The fraction of sp³-hybridized carbons (Fsp3) is 0.667. The zero-order valence-electron chi connectivity index (χ0n) is 25.8. The molecule has 1 aromatic rings. The lowest BCUT2D eigenvalue weighted by atomic mass is 9.94. The molecule has 2 rings (SSSR count). The molecule has 40 heavy (non-hydrogen) atoms. The SMILES string of the molecule is C=Cc1cccc(C(C(=O)NC2CCCCC2)N(CCCCCCC)C(=O)C(NC(=O)OC(C)(C)C)C(C)C)c1. The number of carbonyl (C=O) groups is 3. The number of carbonyl (C=O) groups excluding carboxylic acids is 3. The van der Waals surface area contributed by atoms with Crippen LogP contribution in [0.5, 0.6) is 0 Å². The molecule has 0 heterocycles. The van der Waals surface area contributed by atoms with E-state index in [-0.39, 0.29) is 23.8 Å². The van der Waals surface area contributed by atoms with Gasteiger partial charge in [0.15, 0.2) is 0 Å². The van der Waals surface area contributed by atoms with Crippen molar-refractivity contribution in [3.63, 3.8) is 0 Å². The number of rotatable bonds is 14. The third-order valence-corrected chi connectivity index (χ3v) is 7.36. The summed E-state index contributed by atoms with van der Waals surface area (Å²) in [6.45, 7) is 15.7. The summed E-state index contributed by atoms with van der Waals surface area (Å²) in [5, 5.41) is 6.08. The highest BCUT2D eigenvalue weighted by Crippen LogP contribution is 2.27. The average Bonchev–Trinajstić information content (AvgIpc) is 2.90. The number of nitrogens with one attached hydrogen (secondary N) is 2. The van der Waals surface area contributed by atoms with Gasteiger partial charge in [-0.25, -0.2) is 4.79 Å². The van der Waals surface area contributed by atoms with Crippen LogP contribution in [-0.2, 0) is 14.3 Å². The summed E-state index contributed by atoms with van der Waals surface area (Å²) in [5.74, 6) is -0.650. The number of ether oxygens (including phenoxy) is 1. The predicted octanol–water partition coefficient (Wildman–Crippen LogP) is 7.17. The molecule has 7 nitrogen and oxygen atoms in total. The van der Waals surface area contributed by atoms with Crippen LogP contribution in [0.3, 0.4) is 0 Å². The third kappa shape index (κ3) is 11.0. The molecule has 2 atom stereocenters. The van der Waals surface area contributed by atoms with Crippen molar-refractivity contribution < 1.29 is 19.1 Å². The topological polar surface area (TPSA) is 87.7 Å². The largest absolute Gasteiger partial charge is 0.444 e. The van der Waals surface area contributed by atoms with Gasteiger partial charge in [0.25, 0.3) is 0 Å². The lowest BCUT2D eigenvalue weighted by Gasteiger charge is -2.36. The molecule has 1 fully saturated rings. The van der Waals surface area contributed by atoms with Gasteiger partial charge in [-0.05, 0) is 63.1 Å². The zero-order valence-corrected chi connectivity index (χ0v) is 25.8. The van der Waals surface area contributed by atoms with E-state index in [0.717, 1.165) is 68.9 Å². The Morgan fingerprint density at radius 2 is 1.75 bits per heavy atom. The zero-order chi connectivity index (χ0) is 29.7. The van der Waals surface area contributed by atoms with E-state index in [0.29, 0.717) is 6.54 Å². The Balaban J connectivity index is 2.47. The van der Waals surface area contributed by atoms with Crippen molar-refractivity contribution in [2.24, 2.45) is 5.92 Å². The standard InChI is InChI=1S/C33H53N3O4/c1-8-10-11-12-16-22-36(31(38)28(24(3)4)35-32(39)40-33(5,6)7)29(26-19-17-18-25(9-2)23-26)30(37)34-27-20-14-13-15-21-27/h9,17-19,23-24,27-29H,2,8,10-16,20-22H2,1,3-7H3,(H,34,37)(H,35,39). The minimum atomic E-state index is -0.835. The van der Waals surface area contributed by atoms with Gasteiger partial charge in [-0.15, -0.1) is 0 Å². The number of benzene rings is 1. The lowest BCUT2D eigenvalue weighted by molar-refractivity contribution is -0.143. The van der Waals surface area contributed by atoms with Crippen LogP contribution in [-0.4, -0.2) is 47.0 Å². The van der Waals surface area contributed by atoms with E-state index < -0.39 is 23.8 Å². The van der Waals surface area contributed by atoms with Crippen molar-refractivity contribution in [1.82, 2.24) is 15.5 Å². The second-order valence-electron chi connectivity index (χ2n) is 12.4. The Kier molecular flexibility index (Phi) is 13.7. The molecule has 7 heteroatoms. The third-order valence-electron chi connectivity index (χ3n) is 7.36. The highest BCUT2D eigenvalue weighted by atomic mass is 16.6. The molecule has 3 amide bonds. The van der Waals surface area contributed by atoms with Crippen molar-refractivity contribution in [1.29, 1.82) is 0 Å². The molecule has 0 aliphatic heterocycles. The first-order valence-electron chi connectivity index (χ1n) is 15.3. The van der Waals surface area contributed by atoms with E-state index in [1.165, 1.54) is 6.42 Å². The summed E-state index contributed by atoms with van der Waals surface area (Å²) in [6, 6.07) is 6.12. The van der Waals surface area contributed by atoms with Crippen molar-refractivity contribution >= 4 is 24.0 Å². The Morgan fingerprint density at radius 3 is 2.35 bits per heavy atom. The molecule has 224 valence electrons. The molecular weight excluding hydrogens is 502 g/mol. The minimum Gasteiger partial charge on any atom is -0.444 e. The molecule has 0 saturated heterocycles. The van der Waals surface area contributed by atoms with Gasteiger partial charge in [0.05, 0.1) is 0 Å². The number of hydrogen-bond donors (Lipinski definition) is 2. The summed E-state index contributed by atoms with van der Waals surface area (Å²) in [7, 11) is 0. The summed E-state index contributed by atoms with van der Waals surface area (Å²) >= 11 is 0. The fourth-order valence-corrected chi connectivity index (χ4v) is 5.23. The van der Waals surface area contributed by atoms with E-state index in [2.05, 4.69) is 24.1 Å². The smallest absolute Gasteiger partial charge is 0.408 e. The van der Waals surface area contributed by atoms with Crippen LogP contribution in [0.1, 0.15) is 123 Å². The molecule has 1 aromatic carbocycles. The summed E-state index contributed by atoms with van der Waals surface area (Å²) < 4.78 is 5.49. The first kappa shape index (κ1) is 33.4. The molecule has 0 spiro atoms. The number of amides is 3. The molecule has 1 aliphatic rings. The maximum Gasteiger partial charge on any atom is 0.408 e. The fourth-order valence-electron chi connectivity index (χ4n) is 5.23. The van der Waals surface area contributed by atoms with Gasteiger partial charge in [0.2, 0.25) is 11.8 Å². The normalized spacial score (nSPS) is 15.7. The minimum absolute atomic E-state index is 0.105. The Labute approximate surface area is 242 Å². The summed E-state index contributed by atoms with van der Waals surface area (Å²) in [5.41, 5.74) is 0.934. The monoisotopic (exact) mass is 555 g/mol. The van der Waals surface area contributed by atoms with Gasteiger partial charge in [-0.3, -0.25) is 9.59 Å². The molecule has 2 N–H and O–H groups in total. The first-order valence-corrected chi connectivity index (χ1v) is 15.3. The predicted molar refractivity (Wildman–Crippen MR) is 163 cm³/mol. The van der Waals surface area contributed by atoms with Gasteiger partial charge in [0, 0.05) is 12.6 Å². The second kappa shape index (κ2) is 16.4. The van der Waals surface area contributed by atoms with Crippen LogP contribution in [0.4, 0.5) is 4.79 Å². The summed E-state index contributed by atoms with van der Waals surface area (Å²) in [4.78, 5) is 42.8. The quantitative estimate of drug-likeness (QED) is 0.238. The van der Waals surface area contributed by atoms with Gasteiger partial charge in [-0.2, -0.15) is 0 Å². The number of alkyl carbamates (subject to hydrolysis) is 1. The highest BCUT2D eigenvalue weighted by molar-refractivity contribution is 5.92. The Morgan fingerprint density at radius 1 is 1.07 bits per heavy atom. The highest BCUT2D eigenvalue weighted by Gasteiger charge is 2.38. The lowest BCUT2D eigenvalue weighted by Crippen LogP contribution is -2.55. The Bertz CT molecular complexity index is 963. The molecule has 0 radical (unpaired) electrons. The number of nitrogens with zero attached hydrogens (tertiary/aromatic N) is 1. The van der Waals surface area contributed by atoms with E-state index in [4.69, 9.17) is 4.74 Å². The van der Waals surface area contributed by atoms with Gasteiger partial charge < -0.3 is 20.3 Å². The summed E-state index contributed by atoms with van der Waals surface area (Å²) in [6.07, 6.45) is 11.5. The van der Waals surface area contributed by atoms with Gasteiger partial charge in [0.1, 0.15) is 17.7 Å². The van der Waals surface area contributed by atoms with Crippen LogP contribution in [0.2, 0.25) is 0 Å². The van der Waals surface area contributed by atoms with Crippen molar-refractivity contribution in [2.75, 3.05) is 6.54 Å². The van der Waals surface area contributed by atoms with Crippen LogP contribution in [0.15, 0.2) is 30.8 Å². The maximum absolute atomic E-state index is 14.3. The first-order chi connectivity index (χ1) is 19.0. The molecule has 1 aliphatic carbocycles. The van der Waals surface area contributed by atoms with Crippen LogP contribution in [0.25, 0.3) is 6.08 Å². The van der Waals surface area contributed by atoms with Crippen molar-refractivity contribution in [3.8, 4) is 0 Å².